The van der Waals surface area contributed by atoms with Gasteiger partial charge in [-0.15, -0.1) is 11.6 Å². The Morgan fingerprint density at radius 1 is 1.22 bits per heavy atom. The number of ether oxygens (including phenoxy) is 2. The van der Waals surface area contributed by atoms with Crippen LogP contribution in [-0.4, -0.2) is 30.0 Å². The lowest BCUT2D eigenvalue weighted by molar-refractivity contribution is -0.157. The summed E-state index contributed by atoms with van der Waals surface area (Å²) >= 11 is 5.67. The van der Waals surface area contributed by atoms with E-state index in [1.165, 1.54) is 6.42 Å². The van der Waals surface area contributed by atoms with Crippen molar-refractivity contribution in [2.24, 2.45) is 0 Å². The van der Waals surface area contributed by atoms with Crippen LogP contribution >= 0.6 is 11.6 Å². The van der Waals surface area contributed by atoms with Gasteiger partial charge in [-0.1, -0.05) is 13.3 Å². The van der Waals surface area contributed by atoms with Gasteiger partial charge in [-0.05, 0) is 25.7 Å². The highest BCUT2D eigenvalue weighted by Crippen LogP contribution is 2.21. The number of hydrogen-bond donors (Lipinski definition) is 0. The molecule has 1 fully saturated rings. The van der Waals surface area contributed by atoms with Crippen LogP contribution in [0.15, 0.2) is 0 Å². The molecule has 0 aromatic rings. The molecule has 1 aliphatic carbocycles. The Bertz CT molecular complexity index is 274. The smallest absolute Gasteiger partial charge is 0.309 e. The van der Waals surface area contributed by atoms with Crippen LogP contribution in [0, 0.1) is 0 Å². The van der Waals surface area contributed by atoms with Gasteiger partial charge >= 0.3 is 11.9 Å². The highest BCUT2D eigenvalue weighted by molar-refractivity contribution is 6.18. The van der Waals surface area contributed by atoms with Crippen molar-refractivity contribution in [3.8, 4) is 0 Å². The Morgan fingerprint density at radius 3 is 2.44 bits per heavy atom. The molecule has 0 aliphatic heterocycles. The molecule has 0 amide bonds. The Kier molecular flexibility index (Phi) is 7.09. The second kappa shape index (κ2) is 8.35. The molecule has 0 N–H and O–H groups in total. The number of rotatable bonds is 6. The summed E-state index contributed by atoms with van der Waals surface area (Å²) in [4.78, 5) is 22.8. The van der Waals surface area contributed by atoms with Gasteiger partial charge in [0.05, 0.1) is 12.3 Å². The third-order valence-corrected chi connectivity index (χ3v) is 3.35. The molecule has 1 saturated carbocycles. The third kappa shape index (κ3) is 5.71. The lowest BCUT2D eigenvalue weighted by Gasteiger charge is -2.23. The molecule has 0 saturated heterocycles. The minimum Gasteiger partial charge on any atom is -0.462 e. The van der Waals surface area contributed by atoms with Crippen molar-refractivity contribution in [1.29, 1.82) is 0 Å². The Hall–Kier alpha value is -0.770. The van der Waals surface area contributed by atoms with Crippen molar-refractivity contribution in [3.63, 3.8) is 0 Å². The Morgan fingerprint density at radius 2 is 1.89 bits per heavy atom. The molecule has 0 radical (unpaired) electrons. The Labute approximate surface area is 113 Å². The molecule has 18 heavy (non-hydrogen) atoms. The van der Waals surface area contributed by atoms with Gasteiger partial charge in [-0.3, -0.25) is 9.59 Å². The molecule has 0 aromatic carbocycles. The van der Waals surface area contributed by atoms with Crippen LogP contribution in [0.2, 0.25) is 0 Å². The van der Waals surface area contributed by atoms with Crippen LogP contribution < -0.4 is 0 Å². The summed E-state index contributed by atoms with van der Waals surface area (Å²) in [5, 5.41) is 0. The second-order valence-corrected chi connectivity index (χ2v) is 4.88. The van der Waals surface area contributed by atoms with Crippen LogP contribution in [0.3, 0.4) is 0 Å². The van der Waals surface area contributed by atoms with Gasteiger partial charge < -0.3 is 9.47 Å². The minimum atomic E-state index is -0.574. The predicted molar refractivity (Wildman–Crippen MR) is 68.5 cm³/mol. The monoisotopic (exact) mass is 276 g/mol. The number of halogens is 1. The maximum Gasteiger partial charge on any atom is 0.309 e. The first-order chi connectivity index (χ1) is 8.65. The van der Waals surface area contributed by atoms with E-state index in [1.807, 2.05) is 0 Å². The van der Waals surface area contributed by atoms with Crippen molar-refractivity contribution in [2.75, 3.05) is 5.88 Å². The van der Waals surface area contributed by atoms with E-state index in [0.717, 1.165) is 25.7 Å². The van der Waals surface area contributed by atoms with Gasteiger partial charge in [0.1, 0.15) is 12.2 Å². The number of carbonyl (C=O) groups is 2. The number of alkyl halides is 1. The van der Waals surface area contributed by atoms with Crippen LogP contribution in [0.4, 0.5) is 0 Å². The molecule has 5 heteroatoms. The predicted octanol–water partition coefficient (Wildman–Crippen LogP) is 2.81. The zero-order valence-corrected chi connectivity index (χ0v) is 11.6. The van der Waals surface area contributed by atoms with Crippen molar-refractivity contribution in [3.05, 3.63) is 0 Å². The first-order valence-corrected chi connectivity index (χ1v) is 7.14. The molecule has 104 valence electrons. The van der Waals surface area contributed by atoms with Crippen LogP contribution in [-0.2, 0) is 19.1 Å². The fourth-order valence-electron chi connectivity index (χ4n) is 2.00. The van der Waals surface area contributed by atoms with E-state index < -0.39 is 6.10 Å². The van der Waals surface area contributed by atoms with Gasteiger partial charge in [-0.2, -0.15) is 0 Å². The second-order valence-electron chi connectivity index (χ2n) is 4.57. The summed E-state index contributed by atoms with van der Waals surface area (Å²) in [7, 11) is 0. The number of esters is 2. The maximum atomic E-state index is 11.7. The topological polar surface area (TPSA) is 52.6 Å². The molecule has 0 aromatic heterocycles. The zero-order valence-electron chi connectivity index (χ0n) is 10.8. The summed E-state index contributed by atoms with van der Waals surface area (Å²) in [5.74, 6) is -0.548. The molecule has 1 rings (SSSR count). The molecular formula is C13H21ClO4. The lowest BCUT2D eigenvalue weighted by atomic mass is 9.98. The third-order valence-electron chi connectivity index (χ3n) is 3.00. The summed E-state index contributed by atoms with van der Waals surface area (Å²) in [6.45, 7) is 1.70. The first kappa shape index (κ1) is 15.3. The average Bonchev–Trinajstić information content (AvgIpc) is 2.38. The van der Waals surface area contributed by atoms with E-state index in [9.17, 15) is 9.59 Å². The van der Waals surface area contributed by atoms with Gasteiger partial charge in [0.25, 0.3) is 0 Å². The molecule has 4 nitrogen and oxygen atoms in total. The molecular weight excluding hydrogens is 256 g/mol. The zero-order chi connectivity index (χ0) is 13.4. The molecule has 1 atom stereocenters. The average molecular weight is 277 g/mol. The van der Waals surface area contributed by atoms with E-state index in [4.69, 9.17) is 21.1 Å². The number of hydrogen-bond acceptors (Lipinski definition) is 4. The maximum absolute atomic E-state index is 11.7. The van der Waals surface area contributed by atoms with Crippen LogP contribution in [0.1, 0.15) is 51.9 Å². The van der Waals surface area contributed by atoms with Crippen molar-refractivity contribution in [1.82, 2.24) is 0 Å². The van der Waals surface area contributed by atoms with Crippen LogP contribution in [0.5, 0.6) is 0 Å². The molecule has 1 aliphatic rings. The standard InChI is InChI=1S/C13H21ClO4/c1-2-12(15)18-11(9-14)8-13(16)17-10-6-4-3-5-7-10/h10-11H,2-9H2,1H3. The first-order valence-electron chi connectivity index (χ1n) is 6.60. The van der Waals surface area contributed by atoms with Crippen molar-refractivity contribution in [2.45, 2.75) is 64.1 Å². The van der Waals surface area contributed by atoms with Gasteiger partial charge in [0.15, 0.2) is 0 Å². The van der Waals surface area contributed by atoms with E-state index in [-0.39, 0.29) is 36.8 Å². The van der Waals surface area contributed by atoms with E-state index in [0.29, 0.717) is 0 Å². The van der Waals surface area contributed by atoms with Crippen LogP contribution in [0.25, 0.3) is 0 Å². The summed E-state index contributed by atoms with van der Waals surface area (Å²) in [6, 6.07) is 0. The van der Waals surface area contributed by atoms with Gasteiger partial charge in [0, 0.05) is 6.42 Å². The SMILES string of the molecule is CCC(=O)OC(CCl)CC(=O)OC1CCCCC1. The fourth-order valence-corrected chi connectivity index (χ4v) is 2.17. The highest BCUT2D eigenvalue weighted by Gasteiger charge is 2.22. The number of carbonyl (C=O) groups excluding carboxylic acids is 2. The normalized spacial score (nSPS) is 18.1. The minimum absolute atomic E-state index is 0.0316. The summed E-state index contributed by atoms with van der Waals surface area (Å²) < 4.78 is 10.4. The summed E-state index contributed by atoms with van der Waals surface area (Å²) in [5.41, 5.74) is 0. The van der Waals surface area contributed by atoms with E-state index >= 15 is 0 Å². The van der Waals surface area contributed by atoms with Crippen molar-refractivity contribution < 1.29 is 19.1 Å². The lowest BCUT2D eigenvalue weighted by Crippen LogP contribution is -2.27. The summed E-state index contributed by atoms with van der Waals surface area (Å²) in [6.07, 6.45) is 5.10. The van der Waals surface area contributed by atoms with Gasteiger partial charge in [-0.25, -0.2) is 0 Å². The highest BCUT2D eigenvalue weighted by atomic mass is 35.5. The molecule has 1 unspecified atom stereocenters. The quantitative estimate of drug-likeness (QED) is 0.553. The van der Waals surface area contributed by atoms with E-state index in [2.05, 4.69) is 0 Å². The van der Waals surface area contributed by atoms with E-state index in [1.54, 1.807) is 6.92 Å². The Balaban J connectivity index is 2.29. The molecule has 0 heterocycles. The molecule has 0 bridgehead atoms. The van der Waals surface area contributed by atoms with Gasteiger partial charge in [0.2, 0.25) is 0 Å². The molecule has 0 spiro atoms. The van der Waals surface area contributed by atoms with Crippen molar-refractivity contribution >= 4 is 23.5 Å². The largest absolute Gasteiger partial charge is 0.462 e. The fraction of sp³-hybridized carbons (Fsp3) is 0.846.